The molecule has 2 fully saturated rings. The Balaban J connectivity index is 1.38. The average molecular weight is 502 g/mol. The van der Waals surface area contributed by atoms with Crippen molar-refractivity contribution in [3.8, 4) is 0 Å². The number of halogens is 1. The Bertz CT molecular complexity index is 1010. The van der Waals surface area contributed by atoms with Gasteiger partial charge in [-0.25, -0.2) is 4.79 Å². The summed E-state index contributed by atoms with van der Waals surface area (Å²) in [5.41, 5.74) is 1.62. The first kappa shape index (κ1) is 25.4. The number of aliphatic hydroxyl groups is 1. The van der Waals surface area contributed by atoms with Crippen molar-refractivity contribution in [2.75, 3.05) is 25.1 Å². The van der Waals surface area contributed by atoms with E-state index in [-0.39, 0.29) is 56.3 Å². The minimum atomic E-state index is -0.802. The smallest absolute Gasteiger partial charge is 0.322 e. The molecule has 0 saturated carbocycles. The van der Waals surface area contributed by atoms with Crippen molar-refractivity contribution in [3.63, 3.8) is 0 Å². The number of carbonyl (C=O) groups is 2. The van der Waals surface area contributed by atoms with Crippen LogP contribution in [0.3, 0.4) is 0 Å². The molecule has 0 bridgehead atoms. The Morgan fingerprint density at radius 1 is 1.14 bits per heavy atom. The van der Waals surface area contributed by atoms with Crippen molar-refractivity contribution in [2.45, 2.75) is 56.6 Å². The van der Waals surface area contributed by atoms with Gasteiger partial charge in [-0.3, -0.25) is 4.79 Å². The van der Waals surface area contributed by atoms with E-state index in [1.54, 1.807) is 29.2 Å². The minimum absolute atomic E-state index is 0.0810. The van der Waals surface area contributed by atoms with Gasteiger partial charge in [0, 0.05) is 10.7 Å². The molecule has 3 N–H and O–H groups in total. The maximum Gasteiger partial charge on any atom is 0.322 e. The van der Waals surface area contributed by atoms with Gasteiger partial charge < -0.3 is 30.1 Å². The quantitative estimate of drug-likeness (QED) is 0.579. The SMILES string of the molecule is C[C@H](NC(=O)C[C@@H]1CC[C@H]2[C@@H](COC[C@H](O)CN2C(=O)Nc2cccc(Cl)c2)O1)c1ccccc1. The molecular formula is C26H32ClN3O5. The lowest BCUT2D eigenvalue weighted by atomic mass is 9.94. The van der Waals surface area contributed by atoms with Crippen LogP contribution in [-0.2, 0) is 14.3 Å². The van der Waals surface area contributed by atoms with Crippen LogP contribution < -0.4 is 10.6 Å². The third-order valence-corrected chi connectivity index (χ3v) is 6.64. The fourth-order valence-corrected chi connectivity index (χ4v) is 4.86. The first-order valence-corrected chi connectivity index (χ1v) is 12.4. The zero-order valence-corrected chi connectivity index (χ0v) is 20.5. The standard InChI is InChI=1S/C26H32ClN3O5/c1-17(18-6-3-2-4-7-18)28-25(32)13-22-10-11-23-24(35-22)16-34-15-21(31)14-30(23)26(33)29-20-9-5-8-19(27)12-20/h2-9,12,17,21-24,31H,10-11,13-16H2,1H3,(H,28,32)(H,29,33)/t17-,21+,22-,23-,24+/m0/s1. The summed E-state index contributed by atoms with van der Waals surface area (Å²) in [7, 11) is 0. The normalized spacial score (nSPS) is 25.5. The van der Waals surface area contributed by atoms with E-state index in [0.29, 0.717) is 23.6 Å². The van der Waals surface area contributed by atoms with Gasteiger partial charge in [-0.1, -0.05) is 48.0 Å². The summed E-state index contributed by atoms with van der Waals surface area (Å²) in [6.07, 6.45) is 0.0126. The molecule has 2 aromatic carbocycles. The van der Waals surface area contributed by atoms with E-state index in [1.807, 2.05) is 37.3 Å². The molecule has 2 aromatic rings. The zero-order chi connectivity index (χ0) is 24.8. The summed E-state index contributed by atoms with van der Waals surface area (Å²) in [6.45, 7) is 2.42. The van der Waals surface area contributed by atoms with Crippen LogP contribution >= 0.6 is 11.6 Å². The third kappa shape index (κ3) is 6.95. The third-order valence-electron chi connectivity index (χ3n) is 6.41. The maximum absolute atomic E-state index is 13.2. The van der Waals surface area contributed by atoms with Gasteiger partial charge >= 0.3 is 6.03 Å². The number of fused-ring (bicyclic) bond motifs is 1. The number of hydrogen-bond donors (Lipinski definition) is 3. The number of carbonyl (C=O) groups excluding carboxylic acids is 2. The zero-order valence-electron chi connectivity index (χ0n) is 19.7. The summed E-state index contributed by atoms with van der Waals surface area (Å²) < 4.78 is 11.9. The van der Waals surface area contributed by atoms with Crippen LogP contribution in [0.5, 0.6) is 0 Å². The number of β-amino-alcohol motifs (C(OH)–C–C–N with tert-alkyl or cyclic N) is 1. The van der Waals surface area contributed by atoms with E-state index in [9.17, 15) is 14.7 Å². The Labute approximate surface area is 210 Å². The van der Waals surface area contributed by atoms with Gasteiger partial charge in [0.05, 0.1) is 50.5 Å². The number of ether oxygens (including phenoxy) is 2. The van der Waals surface area contributed by atoms with Crippen LogP contribution in [0.2, 0.25) is 5.02 Å². The van der Waals surface area contributed by atoms with E-state index in [4.69, 9.17) is 21.1 Å². The second-order valence-corrected chi connectivity index (χ2v) is 9.57. The van der Waals surface area contributed by atoms with Crippen LogP contribution in [0.15, 0.2) is 54.6 Å². The average Bonchev–Trinajstić information content (AvgIpc) is 2.82. The number of rotatable bonds is 5. The van der Waals surface area contributed by atoms with Crippen LogP contribution in [-0.4, -0.2) is 66.1 Å². The Morgan fingerprint density at radius 3 is 2.71 bits per heavy atom. The highest BCUT2D eigenvalue weighted by Gasteiger charge is 2.40. The van der Waals surface area contributed by atoms with Crippen LogP contribution in [0.1, 0.15) is 37.8 Å². The lowest BCUT2D eigenvalue weighted by Gasteiger charge is -2.44. The summed E-state index contributed by atoms with van der Waals surface area (Å²) in [6, 6.07) is 16.0. The minimum Gasteiger partial charge on any atom is -0.389 e. The molecule has 0 aromatic heterocycles. The number of benzene rings is 2. The monoisotopic (exact) mass is 501 g/mol. The van der Waals surface area contributed by atoms with E-state index in [2.05, 4.69) is 10.6 Å². The van der Waals surface area contributed by atoms with Crippen molar-refractivity contribution in [2.24, 2.45) is 0 Å². The molecule has 2 aliphatic heterocycles. The Hall–Kier alpha value is -2.65. The van der Waals surface area contributed by atoms with Crippen molar-refractivity contribution >= 4 is 29.2 Å². The number of amides is 3. The second-order valence-electron chi connectivity index (χ2n) is 9.13. The van der Waals surface area contributed by atoms with Gasteiger partial charge in [0.2, 0.25) is 5.91 Å². The molecule has 35 heavy (non-hydrogen) atoms. The topological polar surface area (TPSA) is 100 Å². The molecule has 5 atom stereocenters. The predicted molar refractivity (Wildman–Crippen MR) is 133 cm³/mol. The van der Waals surface area contributed by atoms with Gasteiger partial charge in [-0.05, 0) is 43.5 Å². The molecule has 2 heterocycles. The molecule has 9 heteroatoms. The molecule has 0 spiro atoms. The molecule has 3 amide bonds. The molecule has 2 aliphatic rings. The summed E-state index contributed by atoms with van der Waals surface area (Å²) in [5.74, 6) is -0.0810. The lowest BCUT2D eigenvalue weighted by Crippen LogP contribution is -2.58. The van der Waals surface area contributed by atoms with Gasteiger partial charge in [0.25, 0.3) is 0 Å². The van der Waals surface area contributed by atoms with E-state index in [1.165, 1.54) is 0 Å². The molecule has 8 nitrogen and oxygen atoms in total. The van der Waals surface area contributed by atoms with E-state index < -0.39 is 12.2 Å². The van der Waals surface area contributed by atoms with Gasteiger partial charge in [-0.2, -0.15) is 0 Å². The first-order valence-electron chi connectivity index (χ1n) is 12.0. The first-order chi connectivity index (χ1) is 16.9. The van der Waals surface area contributed by atoms with E-state index >= 15 is 0 Å². The highest BCUT2D eigenvalue weighted by molar-refractivity contribution is 6.30. The molecule has 0 aliphatic carbocycles. The fraction of sp³-hybridized carbons (Fsp3) is 0.462. The number of urea groups is 1. The number of hydrogen-bond acceptors (Lipinski definition) is 5. The summed E-state index contributed by atoms with van der Waals surface area (Å²) in [5, 5.41) is 16.7. The number of anilines is 1. The maximum atomic E-state index is 13.2. The number of nitrogens with one attached hydrogen (secondary N) is 2. The summed E-state index contributed by atoms with van der Waals surface area (Å²) >= 11 is 6.05. The fourth-order valence-electron chi connectivity index (χ4n) is 4.67. The molecule has 2 saturated heterocycles. The lowest BCUT2D eigenvalue weighted by molar-refractivity contribution is -0.150. The summed E-state index contributed by atoms with van der Waals surface area (Å²) in [4.78, 5) is 27.5. The molecule has 0 unspecified atom stereocenters. The van der Waals surface area contributed by atoms with Gasteiger partial charge in [0.1, 0.15) is 6.10 Å². The molecular weight excluding hydrogens is 470 g/mol. The van der Waals surface area contributed by atoms with Gasteiger partial charge in [-0.15, -0.1) is 0 Å². The van der Waals surface area contributed by atoms with Crippen LogP contribution in [0.4, 0.5) is 10.5 Å². The Morgan fingerprint density at radius 2 is 1.94 bits per heavy atom. The number of aliphatic hydroxyl groups excluding tert-OH is 1. The van der Waals surface area contributed by atoms with E-state index in [0.717, 1.165) is 5.56 Å². The highest BCUT2D eigenvalue weighted by Crippen LogP contribution is 2.29. The van der Waals surface area contributed by atoms with Crippen molar-refractivity contribution < 1.29 is 24.2 Å². The number of nitrogens with zero attached hydrogens (tertiary/aromatic N) is 1. The second kappa shape index (κ2) is 11.9. The molecule has 4 rings (SSSR count). The Kier molecular flexibility index (Phi) is 8.62. The van der Waals surface area contributed by atoms with Gasteiger partial charge in [0.15, 0.2) is 0 Å². The largest absolute Gasteiger partial charge is 0.389 e. The highest BCUT2D eigenvalue weighted by atomic mass is 35.5. The van der Waals surface area contributed by atoms with Crippen LogP contribution in [0.25, 0.3) is 0 Å². The molecule has 0 radical (unpaired) electrons. The van der Waals surface area contributed by atoms with Crippen molar-refractivity contribution in [3.05, 3.63) is 65.2 Å². The van der Waals surface area contributed by atoms with Crippen LogP contribution in [0, 0.1) is 0 Å². The molecule has 188 valence electrons. The predicted octanol–water partition coefficient (Wildman–Crippen LogP) is 3.75. The van der Waals surface area contributed by atoms with Crippen molar-refractivity contribution in [1.29, 1.82) is 0 Å². The van der Waals surface area contributed by atoms with Crippen molar-refractivity contribution in [1.82, 2.24) is 10.2 Å².